The number of aliphatic imine (C=N–C) groups is 1. The van der Waals surface area contributed by atoms with Gasteiger partial charge >= 0.3 is 0 Å². The van der Waals surface area contributed by atoms with Crippen LogP contribution in [0.15, 0.2) is 34.6 Å². The predicted octanol–water partition coefficient (Wildman–Crippen LogP) is 3.85. The second-order valence-electron chi connectivity index (χ2n) is 5.56. The van der Waals surface area contributed by atoms with Crippen molar-refractivity contribution >= 4 is 41.3 Å². The number of hydrogen-bond donors (Lipinski definition) is 1. The average molecular weight is 474 g/mol. The van der Waals surface area contributed by atoms with Gasteiger partial charge in [0.05, 0.1) is 23.8 Å². The van der Waals surface area contributed by atoms with Gasteiger partial charge < -0.3 is 15.0 Å². The van der Waals surface area contributed by atoms with Crippen LogP contribution in [-0.4, -0.2) is 42.6 Å². The summed E-state index contributed by atoms with van der Waals surface area (Å²) in [4.78, 5) is 11.2. The van der Waals surface area contributed by atoms with Gasteiger partial charge in [-0.3, -0.25) is 0 Å². The van der Waals surface area contributed by atoms with Crippen molar-refractivity contribution in [2.24, 2.45) is 4.99 Å². The second kappa shape index (κ2) is 11.3. The number of aromatic nitrogens is 1. The Hall–Kier alpha value is -1.35. The number of para-hydroxylation sites is 1. The largest absolute Gasteiger partial charge is 0.491 e. The first-order chi connectivity index (χ1) is 11.6. The van der Waals surface area contributed by atoms with Crippen molar-refractivity contribution in [3.8, 4) is 5.75 Å². The monoisotopic (exact) mass is 474 g/mol. The van der Waals surface area contributed by atoms with E-state index in [0.29, 0.717) is 13.2 Å². The van der Waals surface area contributed by atoms with Gasteiger partial charge in [-0.25, -0.2) is 9.98 Å². The minimum atomic E-state index is 0. The van der Waals surface area contributed by atoms with Gasteiger partial charge in [0, 0.05) is 19.0 Å². The summed E-state index contributed by atoms with van der Waals surface area (Å²) in [5.74, 6) is 1.79. The molecule has 2 rings (SSSR count). The molecule has 7 heteroatoms. The molecule has 1 aromatic carbocycles. The molecule has 0 saturated carbocycles. The zero-order valence-corrected chi connectivity index (χ0v) is 18.4. The van der Waals surface area contributed by atoms with Gasteiger partial charge in [0.15, 0.2) is 5.96 Å². The highest BCUT2D eigenvalue weighted by molar-refractivity contribution is 14.0. The summed E-state index contributed by atoms with van der Waals surface area (Å²) in [7, 11) is 2.03. The number of guanidine groups is 1. The minimum absolute atomic E-state index is 0. The van der Waals surface area contributed by atoms with Crippen LogP contribution >= 0.6 is 35.3 Å². The zero-order chi connectivity index (χ0) is 17.4. The molecule has 1 aromatic heterocycles. The lowest BCUT2D eigenvalue weighted by Crippen LogP contribution is -2.38. The Morgan fingerprint density at radius 3 is 2.72 bits per heavy atom. The number of nitrogens with zero attached hydrogens (tertiary/aromatic N) is 3. The third kappa shape index (κ3) is 7.19. The van der Waals surface area contributed by atoms with Crippen LogP contribution < -0.4 is 10.1 Å². The highest BCUT2D eigenvalue weighted by Gasteiger charge is 2.08. The number of nitrogens with one attached hydrogen (secondary N) is 1. The number of aryl methyl sites for hydroxylation is 2. The van der Waals surface area contributed by atoms with Gasteiger partial charge in [0.1, 0.15) is 12.4 Å². The maximum atomic E-state index is 5.80. The van der Waals surface area contributed by atoms with Crippen molar-refractivity contribution in [2.45, 2.75) is 27.3 Å². The van der Waals surface area contributed by atoms with Crippen molar-refractivity contribution < 1.29 is 4.74 Å². The Balaban J connectivity index is 0.00000312. The van der Waals surface area contributed by atoms with E-state index in [4.69, 9.17) is 4.74 Å². The topological polar surface area (TPSA) is 49.8 Å². The third-order valence-corrected chi connectivity index (χ3v) is 4.29. The molecule has 0 aliphatic rings. The molecule has 5 nitrogen and oxygen atoms in total. The molecular formula is C18H27IN4OS. The highest BCUT2D eigenvalue weighted by atomic mass is 127. The normalized spacial score (nSPS) is 11.0. The van der Waals surface area contributed by atoms with E-state index < -0.39 is 0 Å². The molecule has 0 saturated heterocycles. The van der Waals surface area contributed by atoms with E-state index >= 15 is 0 Å². The van der Waals surface area contributed by atoms with Gasteiger partial charge in [-0.15, -0.1) is 35.3 Å². The lowest BCUT2D eigenvalue weighted by Gasteiger charge is -2.21. The fraction of sp³-hybridized carbons (Fsp3) is 0.444. The third-order valence-electron chi connectivity index (χ3n) is 3.47. The van der Waals surface area contributed by atoms with Crippen molar-refractivity contribution in [3.63, 3.8) is 0 Å². The Labute approximate surface area is 171 Å². The number of halogens is 1. The molecular weight excluding hydrogens is 447 g/mol. The van der Waals surface area contributed by atoms with Gasteiger partial charge in [-0.1, -0.05) is 18.2 Å². The molecule has 0 fully saturated rings. The molecule has 0 bridgehead atoms. The quantitative estimate of drug-likeness (QED) is 0.287. The first-order valence-corrected chi connectivity index (χ1v) is 9.07. The van der Waals surface area contributed by atoms with Gasteiger partial charge in [-0.05, 0) is 32.4 Å². The van der Waals surface area contributed by atoms with Gasteiger partial charge in [0.25, 0.3) is 0 Å². The number of hydrogen-bond acceptors (Lipinski definition) is 4. The van der Waals surface area contributed by atoms with E-state index in [2.05, 4.69) is 32.5 Å². The molecule has 0 aliphatic carbocycles. The van der Waals surface area contributed by atoms with Crippen LogP contribution in [0, 0.1) is 13.8 Å². The molecule has 0 spiro atoms. The summed E-state index contributed by atoms with van der Waals surface area (Å²) in [6.07, 6.45) is 0. The molecule has 0 radical (unpaired) electrons. The molecule has 0 atom stereocenters. The smallest absolute Gasteiger partial charge is 0.194 e. The molecule has 2 aromatic rings. The van der Waals surface area contributed by atoms with Crippen molar-refractivity contribution in [3.05, 3.63) is 45.9 Å². The summed E-state index contributed by atoms with van der Waals surface area (Å²) in [5.41, 5.74) is 2.21. The standard InChI is InChI=1S/C18H26N4OS.HI/c1-5-19-18(22(4)12-16-13-24-15(3)21-16)20-10-11-23-17-9-7-6-8-14(17)2;/h6-9,13H,5,10-12H2,1-4H3,(H,19,20);1H. The minimum Gasteiger partial charge on any atom is -0.491 e. The summed E-state index contributed by atoms with van der Waals surface area (Å²) < 4.78 is 5.80. The Morgan fingerprint density at radius 1 is 1.32 bits per heavy atom. The predicted molar refractivity (Wildman–Crippen MR) is 116 cm³/mol. The van der Waals surface area contributed by atoms with Crippen molar-refractivity contribution in [1.82, 2.24) is 15.2 Å². The van der Waals surface area contributed by atoms with E-state index in [0.717, 1.165) is 41.1 Å². The molecule has 1 N–H and O–H groups in total. The fourth-order valence-electron chi connectivity index (χ4n) is 2.29. The summed E-state index contributed by atoms with van der Waals surface area (Å²) >= 11 is 1.67. The van der Waals surface area contributed by atoms with Crippen LogP contribution in [0.2, 0.25) is 0 Å². The maximum Gasteiger partial charge on any atom is 0.194 e. The first kappa shape index (κ1) is 21.7. The molecule has 0 unspecified atom stereocenters. The zero-order valence-electron chi connectivity index (χ0n) is 15.3. The van der Waals surface area contributed by atoms with E-state index in [1.165, 1.54) is 0 Å². The first-order valence-electron chi connectivity index (χ1n) is 8.19. The van der Waals surface area contributed by atoms with Crippen LogP contribution in [0.3, 0.4) is 0 Å². The number of ether oxygens (including phenoxy) is 1. The fourth-order valence-corrected chi connectivity index (χ4v) is 2.90. The molecule has 25 heavy (non-hydrogen) atoms. The Bertz CT molecular complexity index is 675. The lowest BCUT2D eigenvalue weighted by molar-refractivity contribution is 0.325. The Kier molecular flexibility index (Phi) is 9.81. The van der Waals surface area contributed by atoms with E-state index in [9.17, 15) is 0 Å². The van der Waals surface area contributed by atoms with E-state index in [1.807, 2.05) is 45.2 Å². The van der Waals surface area contributed by atoms with Gasteiger partial charge in [0.2, 0.25) is 0 Å². The lowest BCUT2D eigenvalue weighted by atomic mass is 10.2. The average Bonchev–Trinajstić information content (AvgIpc) is 2.96. The number of thiazole rings is 1. The van der Waals surface area contributed by atoms with Crippen LogP contribution in [-0.2, 0) is 6.54 Å². The SMILES string of the molecule is CCNC(=NCCOc1ccccc1C)N(C)Cc1csc(C)n1.I. The number of benzene rings is 1. The van der Waals surface area contributed by atoms with Crippen LogP contribution in [0.4, 0.5) is 0 Å². The van der Waals surface area contributed by atoms with Crippen LogP contribution in [0.25, 0.3) is 0 Å². The summed E-state index contributed by atoms with van der Waals surface area (Å²) in [5, 5.41) is 6.50. The van der Waals surface area contributed by atoms with Crippen LogP contribution in [0.5, 0.6) is 5.75 Å². The van der Waals surface area contributed by atoms with Crippen molar-refractivity contribution in [1.29, 1.82) is 0 Å². The number of rotatable bonds is 7. The summed E-state index contributed by atoms with van der Waals surface area (Å²) in [6.45, 7) is 8.88. The summed E-state index contributed by atoms with van der Waals surface area (Å²) in [6, 6.07) is 8.03. The highest BCUT2D eigenvalue weighted by Crippen LogP contribution is 2.15. The van der Waals surface area contributed by atoms with Gasteiger partial charge in [-0.2, -0.15) is 0 Å². The molecule has 0 amide bonds. The van der Waals surface area contributed by atoms with Crippen molar-refractivity contribution in [2.75, 3.05) is 26.7 Å². The second-order valence-corrected chi connectivity index (χ2v) is 6.63. The molecule has 138 valence electrons. The Morgan fingerprint density at radius 2 is 2.08 bits per heavy atom. The van der Waals surface area contributed by atoms with E-state index in [-0.39, 0.29) is 24.0 Å². The molecule has 1 heterocycles. The molecule has 0 aliphatic heterocycles. The maximum absolute atomic E-state index is 5.80. The van der Waals surface area contributed by atoms with E-state index in [1.54, 1.807) is 11.3 Å². The van der Waals surface area contributed by atoms with Crippen LogP contribution in [0.1, 0.15) is 23.2 Å².